The van der Waals surface area contributed by atoms with Gasteiger partial charge in [-0.3, -0.25) is 4.99 Å². The highest BCUT2D eigenvalue weighted by molar-refractivity contribution is 14.0. The van der Waals surface area contributed by atoms with Gasteiger partial charge in [0.05, 0.1) is 0 Å². The topological polar surface area (TPSA) is 30.9 Å². The third-order valence-corrected chi connectivity index (χ3v) is 4.24. The van der Waals surface area contributed by atoms with E-state index in [9.17, 15) is 0 Å². The second-order valence-electron chi connectivity index (χ2n) is 6.63. The van der Waals surface area contributed by atoms with Crippen molar-refractivity contribution in [1.29, 1.82) is 0 Å². The third kappa shape index (κ3) is 6.67. The molecule has 0 amide bonds. The van der Waals surface area contributed by atoms with Gasteiger partial charge in [-0.05, 0) is 44.0 Å². The smallest absolute Gasteiger partial charge is 0.193 e. The largest absolute Gasteiger partial charge is 0.352 e. The predicted octanol–water partition coefficient (Wildman–Crippen LogP) is 3.17. The standard InChI is InChI=1S/C18H30N4.HI/c1-15-8-10-22(11-9-15)18(19-2)20-13-16-6-5-7-17(12-16)14-21(3)4;/h5-7,12,15H,8-11,13-14H2,1-4H3,(H,19,20);1H. The molecule has 23 heavy (non-hydrogen) atoms. The molecule has 1 aliphatic rings. The molecule has 0 saturated carbocycles. The molecule has 1 N–H and O–H groups in total. The summed E-state index contributed by atoms with van der Waals surface area (Å²) in [5.41, 5.74) is 2.66. The van der Waals surface area contributed by atoms with Crippen molar-refractivity contribution in [2.75, 3.05) is 34.2 Å². The molecular weight excluding hydrogens is 399 g/mol. The number of hydrogen-bond acceptors (Lipinski definition) is 2. The number of guanidine groups is 1. The number of piperidine rings is 1. The van der Waals surface area contributed by atoms with Crippen molar-refractivity contribution in [1.82, 2.24) is 15.1 Å². The number of halogens is 1. The number of benzene rings is 1. The van der Waals surface area contributed by atoms with Crippen LogP contribution in [0.4, 0.5) is 0 Å². The van der Waals surface area contributed by atoms with Crippen LogP contribution in [0.15, 0.2) is 29.3 Å². The van der Waals surface area contributed by atoms with Gasteiger partial charge in [0.1, 0.15) is 0 Å². The Morgan fingerprint density at radius 3 is 2.52 bits per heavy atom. The fourth-order valence-corrected chi connectivity index (χ4v) is 2.94. The lowest BCUT2D eigenvalue weighted by molar-refractivity contribution is 0.273. The van der Waals surface area contributed by atoms with Crippen LogP contribution in [0.3, 0.4) is 0 Å². The molecule has 130 valence electrons. The first kappa shape index (κ1) is 20.2. The van der Waals surface area contributed by atoms with Crippen molar-refractivity contribution in [3.8, 4) is 0 Å². The minimum absolute atomic E-state index is 0. The molecule has 0 aliphatic carbocycles. The summed E-state index contributed by atoms with van der Waals surface area (Å²) < 4.78 is 0. The molecule has 1 heterocycles. The van der Waals surface area contributed by atoms with Crippen LogP contribution >= 0.6 is 24.0 Å². The maximum absolute atomic E-state index is 4.45. The molecular formula is C18H31IN4. The Bertz CT molecular complexity index is 494. The first-order chi connectivity index (χ1) is 10.6. The number of rotatable bonds is 4. The second kappa shape index (κ2) is 10.1. The first-order valence-corrected chi connectivity index (χ1v) is 8.26. The lowest BCUT2D eigenvalue weighted by Crippen LogP contribution is -2.45. The van der Waals surface area contributed by atoms with Gasteiger partial charge in [0.2, 0.25) is 0 Å². The Morgan fingerprint density at radius 1 is 1.26 bits per heavy atom. The molecule has 4 nitrogen and oxygen atoms in total. The van der Waals surface area contributed by atoms with Gasteiger partial charge in [-0.2, -0.15) is 0 Å². The Balaban J connectivity index is 0.00000264. The lowest BCUT2D eigenvalue weighted by Gasteiger charge is -2.33. The van der Waals surface area contributed by atoms with E-state index in [4.69, 9.17) is 0 Å². The van der Waals surface area contributed by atoms with Crippen LogP contribution in [-0.4, -0.2) is 50.0 Å². The van der Waals surface area contributed by atoms with Crippen LogP contribution in [-0.2, 0) is 13.1 Å². The normalized spacial score (nSPS) is 16.4. The minimum atomic E-state index is 0. The van der Waals surface area contributed by atoms with Crippen molar-refractivity contribution < 1.29 is 0 Å². The van der Waals surface area contributed by atoms with Crippen LogP contribution in [0.5, 0.6) is 0 Å². The van der Waals surface area contributed by atoms with Gasteiger partial charge in [-0.25, -0.2) is 0 Å². The van der Waals surface area contributed by atoms with Gasteiger partial charge in [0.25, 0.3) is 0 Å². The summed E-state index contributed by atoms with van der Waals surface area (Å²) in [5.74, 6) is 1.88. The molecule has 0 spiro atoms. The third-order valence-electron chi connectivity index (χ3n) is 4.24. The lowest BCUT2D eigenvalue weighted by atomic mass is 9.99. The Labute approximate surface area is 158 Å². The highest BCUT2D eigenvalue weighted by Crippen LogP contribution is 2.16. The van der Waals surface area contributed by atoms with Crippen LogP contribution in [0.1, 0.15) is 30.9 Å². The second-order valence-corrected chi connectivity index (χ2v) is 6.63. The van der Waals surface area contributed by atoms with Crippen molar-refractivity contribution in [2.45, 2.75) is 32.9 Å². The van der Waals surface area contributed by atoms with E-state index in [0.717, 1.165) is 38.1 Å². The van der Waals surface area contributed by atoms with Crippen LogP contribution in [0, 0.1) is 5.92 Å². The van der Waals surface area contributed by atoms with Gasteiger partial charge in [0, 0.05) is 33.2 Å². The van der Waals surface area contributed by atoms with E-state index in [2.05, 4.69) is 65.4 Å². The molecule has 1 saturated heterocycles. The van der Waals surface area contributed by atoms with Gasteiger partial charge in [0.15, 0.2) is 5.96 Å². The van der Waals surface area contributed by atoms with E-state index < -0.39 is 0 Å². The predicted molar refractivity (Wildman–Crippen MR) is 109 cm³/mol. The van der Waals surface area contributed by atoms with E-state index in [1.165, 1.54) is 24.0 Å². The molecule has 1 aromatic carbocycles. The Kier molecular flexibility index (Phi) is 8.91. The van der Waals surface area contributed by atoms with Crippen molar-refractivity contribution in [3.63, 3.8) is 0 Å². The number of nitrogens with one attached hydrogen (secondary N) is 1. The zero-order chi connectivity index (χ0) is 15.9. The summed E-state index contributed by atoms with van der Waals surface area (Å²) in [6, 6.07) is 8.78. The number of likely N-dealkylation sites (tertiary alicyclic amines) is 1. The molecule has 0 bridgehead atoms. The van der Waals surface area contributed by atoms with Crippen molar-refractivity contribution >= 4 is 29.9 Å². The summed E-state index contributed by atoms with van der Waals surface area (Å²) in [6.45, 7) is 6.37. The van der Waals surface area contributed by atoms with E-state index in [1.807, 2.05) is 7.05 Å². The molecule has 0 radical (unpaired) electrons. The monoisotopic (exact) mass is 430 g/mol. The summed E-state index contributed by atoms with van der Waals surface area (Å²) in [7, 11) is 6.08. The summed E-state index contributed by atoms with van der Waals surface area (Å²) in [5, 5.41) is 3.51. The van der Waals surface area contributed by atoms with E-state index >= 15 is 0 Å². The number of aliphatic imine (C=N–C) groups is 1. The molecule has 1 fully saturated rings. The average molecular weight is 430 g/mol. The molecule has 5 heteroatoms. The molecule has 0 aromatic heterocycles. The Morgan fingerprint density at radius 2 is 1.91 bits per heavy atom. The van der Waals surface area contributed by atoms with Crippen LogP contribution in [0.2, 0.25) is 0 Å². The van der Waals surface area contributed by atoms with Crippen molar-refractivity contribution in [2.24, 2.45) is 10.9 Å². The van der Waals surface area contributed by atoms with Gasteiger partial charge < -0.3 is 15.1 Å². The van der Waals surface area contributed by atoms with Gasteiger partial charge in [-0.15, -0.1) is 24.0 Å². The van der Waals surface area contributed by atoms with Gasteiger partial charge in [-0.1, -0.05) is 31.2 Å². The highest BCUT2D eigenvalue weighted by Gasteiger charge is 2.18. The molecule has 2 rings (SSSR count). The number of hydrogen-bond donors (Lipinski definition) is 1. The maximum Gasteiger partial charge on any atom is 0.193 e. The fraction of sp³-hybridized carbons (Fsp3) is 0.611. The summed E-state index contributed by atoms with van der Waals surface area (Å²) in [6.07, 6.45) is 2.53. The van der Waals surface area contributed by atoms with E-state index in [-0.39, 0.29) is 24.0 Å². The Hall–Kier alpha value is -0.820. The molecule has 0 atom stereocenters. The van der Waals surface area contributed by atoms with Crippen LogP contribution < -0.4 is 5.32 Å². The molecule has 1 aromatic rings. The summed E-state index contributed by atoms with van der Waals surface area (Å²) >= 11 is 0. The molecule has 0 unspecified atom stereocenters. The minimum Gasteiger partial charge on any atom is -0.352 e. The zero-order valence-electron chi connectivity index (χ0n) is 14.9. The number of nitrogens with zero attached hydrogens (tertiary/aromatic N) is 3. The SMILES string of the molecule is CN=C(NCc1cccc(CN(C)C)c1)N1CCC(C)CC1.I. The maximum atomic E-state index is 4.45. The first-order valence-electron chi connectivity index (χ1n) is 8.26. The summed E-state index contributed by atoms with van der Waals surface area (Å²) in [4.78, 5) is 9.02. The zero-order valence-corrected chi connectivity index (χ0v) is 17.2. The quantitative estimate of drug-likeness (QED) is 0.452. The van der Waals surface area contributed by atoms with Crippen molar-refractivity contribution in [3.05, 3.63) is 35.4 Å². The highest BCUT2D eigenvalue weighted by atomic mass is 127. The van der Waals surface area contributed by atoms with E-state index in [1.54, 1.807) is 0 Å². The average Bonchev–Trinajstić information content (AvgIpc) is 2.49. The van der Waals surface area contributed by atoms with E-state index in [0.29, 0.717) is 0 Å². The van der Waals surface area contributed by atoms with Gasteiger partial charge >= 0.3 is 0 Å². The van der Waals surface area contributed by atoms with Crippen LogP contribution in [0.25, 0.3) is 0 Å². The fourth-order valence-electron chi connectivity index (χ4n) is 2.94. The molecule has 1 aliphatic heterocycles.